The molecular weight excluding hydrogens is 523 g/mol. The molecule has 1 N–H and O–H groups in total. The minimum Gasteiger partial charge on any atom is -0.339 e. The highest BCUT2D eigenvalue weighted by atomic mass is 19.4. The van der Waals surface area contributed by atoms with Crippen molar-refractivity contribution in [3.8, 4) is 11.6 Å². The van der Waals surface area contributed by atoms with Gasteiger partial charge in [-0.2, -0.15) is 23.4 Å². The van der Waals surface area contributed by atoms with Crippen LogP contribution in [0.15, 0.2) is 48.8 Å². The highest BCUT2D eigenvalue weighted by Crippen LogP contribution is 2.36. The molecule has 40 heavy (non-hydrogen) atoms. The quantitative estimate of drug-likeness (QED) is 0.316. The number of carbonyl (C=O) groups excluding carboxylic acids is 1. The number of benzene rings is 1. The van der Waals surface area contributed by atoms with Crippen molar-refractivity contribution in [2.45, 2.75) is 32.5 Å². The molecule has 6 rings (SSSR count). The standard InChI is InChI=1S/C27H24F3N9O/c1-16-3-7-23(35-34-16)32-18-5-6-22-20(13-18)31-15-38(22)24-8-4-17(10-12-40)26(33-24)39-21-9-11-37(2)14-19(21)25(36-39)27(28,29)30/h3-8,12-13,15H,9-11,14H2,1-2H3,(H,32,35). The van der Waals surface area contributed by atoms with Gasteiger partial charge in [0, 0.05) is 42.7 Å². The van der Waals surface area contributed by atoms with Crippen LogP contribution in [0.2, 0.25) is 0 Å². The van der Waals surface area contributed by atoms with Gasteiger partial charge in [0.15, 0.2) is 17.3 Å². The Balaban J connectivity index is 1.42. The van der Waals surface area contributed by atoms with E-state index >= 15 is 0 Å². The molecular formula is C27H24F3N9O. The van der Waals surface area contributed by atoms with Crippen LogP contribution in [0.3, 0.4) is 0 Å². The summed E-state index contributed by atoms with van der Waals surface area (Å²) in [6.07, 6.45) is -1.96. The molecule has 0 fully saturated rings. The van der Waals surface area contributed by atoms with E-state index in [1.165, 1.54) is 4.68 Å². The Morgan fingerprint density at radius 1 is 1.10 bits per heavy atom. The Kier molecular flexibility index (Phi) is 6.29. The van der Waals surface area contributed by atoms with Gasteiger partial charge in [-0.05, 0) is 50.4 Å². The number of hydrogen-bond donors (Lipinski definition) is 1. The average molecular weight is 548 g/mol. The molecule has 1 aliphatic rings. The minimum atomic E-state index is -4.62. The van der Waals surface area contributed by atoms with E-state index in [4.69, 9.17) is 4.98 Å². The van der Waals surface area contributed by atoms with Gasteiger partial charge in [0.25, 0.3) is 0 Å². The number of rotatable bonds is 6. The maximum absolute atomic E-state index is 13.9. The number of likely N-dealkylation sites (N-methyl/N-ethyl adjacent to an activating group) is 1. The van der Waals surface area contributed by atoms with Gasteiger partial charge in [0.1, 0.15) is 18.4 Å². The smallest absolute Gasteiger partial charge is 0.339 e. The minimum absolute atomic E-state index is 0.0138. The number of pyridine rings is 1. The zero-order valence-corrected chi connectivity index (χ0v) is 21.6. The van der Waals surface area contributed by atoms with Gasteiger partial charge in [-0.1, -0.05) is 6.07 Å². The van der Waals surface area contributed by atoms with E-state index in [-0.39, 0.29) is 24.3 Å². The van der Waals surface area contributed by atoms with Crippen molar-refractivity contribution < 1.29 is 18.0 Å². The van der Waals surface area contributed by atoms with E-state index < -0.39 is 11.9 Å². The average Bonchev–Trinajstić information content (AvgIpc) is 3.52. The third-order valence-electron chi connectivity index (χ3n) is 6.83. The number of nitrogens with one attached hydrogen (secondary N) is 1. The fourth-order valence-electron chi connectivity index (χ4n) is 4.88. The van der Waals surface area contributed by atoms with Crippen molar-refractivity contribution in [2.75, 3.05) is 18.9 Å². The van der Waals surface area contributed by atoms with E-state index in [0.29, 0.717) is 47.7 Å². The SMILES string of the molecule is Cc1ccc(Nc2ccc3c(c2)ncn3-c2ccc(CC=O)c(-n3nc(C(F)(F)F)c4c3CCN(C)C4)n2)nn1. The van der Waals surface area contributed by atoms with E-state index in [2.05, 4.69) is 25.6 Å². The summed E-state index contributed by atoms with van der Waals surface area (Å²) in [4.78, 5) is 22.5. The first-order valence-electron chi connectivity index (χ1n) is 12.6. The molecule has 0 aliphatic carbocycles. The van der Waals surface area contributed by atoms with Crippen LogP contribution in [-0.4, -0.2) is 59.3 Å². The summed E-state index contributed by atoms with van der Waals surface area (Å²) < 4.78 is 44.9. The first-order valence-corrected chi connectivity index (χ1v) is 12.6. The summed E-state index contributed by atoms with van der Waals surface area (Å²) >= 11 is 0. The number of halogens is 3. The van der Waals surface area contributed by atoms with Gasteiger partial charge in [0.05, 0.1) is 22.4 Å². The zero-order chi connectivity index (χ0) is 28.0. The number of anilines is 2. The van der Waals surface area contributed by atoms with Crippen molar-refractivity contribution in [3.05, 3.63) is 77.0 Å². The maximum Gasteiger partial charge on any atom is 0.435 e. The van der Waals surface area contributed by atoms with Crippen molar-refractivity contribution in [1.29, 1.82) is 0 Å². The lowest BCUT2D eigenvalue weighted by molar-refractivity contribution is -0.142. The van der Waals surface area contributed by atoms with Crippen LogP contribution in [-0.2, 0) is 30.4 Å². The summed E-state index contributed by atoms with van der Waals surface area (Å²) in [5.74, 6) is 1.22. The fraction of sp³-hybridized carbons (Fsp3) is 0.259. The Bertz CT molecular complexity index is 1720. The van der Waals surface area contributed by atoms with Crippen LogP contribution in [0, 0.1) is 6.92 Å². The molecule has 0 bridgehead atoms. The van der Waals surface area contributed by atoms with Crippen LogP contribution in [0.25, 0.3) is 22.7 Å². The second kappa shape index (κ2) is 9.83. The molecule has 0 saturated carbocycles. The Morgan fingerprint density at radius 2 is 1.95 bits per heavy atom. The van der Waals surface area contributed by atoms with Crippen LogP contribution in [0.5, 0.6) is 0 Å². The van der Waals surface area contributed by atoms with Crippen LogP contribution >= 0.6 is 0 Å². The Labute approximate surface area is 226 Å². The molecule has 0 unspecified atom stereocenters. The molecule has 0 amide bonds. The number of alkyl halides is 3. The first kappa shape index (κ1) is 25.6. The molecule has 0 spiro atoms. The summed E-state index contributed by atoms with van der Waals surface area (Å²) in [7, 11) is 1.77. The second-order valence-electron chi connectivity index (χ2n) is 9.70. The van der Waals surface area contributed by atoms with E-state index in [1.54, 1.807) is 30.1 Å². The highest BCUT2D eigenvalue weighted by molar-refractivity contribution is 5.82. The van der Waals surface area contributed by atoms with Crippen molar-refractivity contribution in [1.82, 2.24) is 39.4 Å². The highest BCUT2D eigenvalue weighted by Gasteiger charge is 2.40. The number of aromatic nitrogens is 7. The number of aldehydes is 1. The third-order valence-corrected chi connectivity index (χ3v) is 6.83. The lowest BCUT2D eigenvalue weighted by Gasteiger charge is -2.24. The monoisotopic (exact) mass is 547 g/mol. The van der Waals surface area contributed by atoms with Gasteiger partial charge in [-0.15, -0.1) is 5.10 Å². The van der Waals surface area contributed by atoms with Gasteiger partial charge in [-0.3, -0.25) is 4.57 Å². The predicted molar refractivity (Wildman–Crippen MR) is 141 cm³/mol. The molecule has 0 saturated heterocycles. The van der Waals surface area contributed by atoms with Crippen LogP contribution in [0.1, 0.15) is 28.2 Å². The second-order valence-corrected chi connectivity index (χ2v) is 9.70. The summed E-state index contributed by atoms with van der Waals surface area (Å²) in [6.45, 7) is 2.56. The lowest BCUT2D eigenvalue weighted by atomic mass is 10.1. The molecule has 0 radical (unpaired) electrons. The largest absolute Gasteiger partial charge is 0.435 e. The van der Waals surface area contributed by atoms with Gasteiger partial charge in [-0.25, -0.2) is 14.6 Å². The van der Waals surface area contributed by atoms with E-state index in [9.17, 15) is 18.0 Å². The van der Waals surface area contributed by atoms with Gasteiger partial charge >= 0.3 is 6.18 Å². The molecule has 4 aromatic heterocycles. The normalized spacial score (nSPS) is 13.9. The van der Waals surface area contributed by atoms with Crippen molar-refractivity contribution in [3.63, 3.8) is 0 Å². The molecule has 0 atom stereocenters. The van der Waals surface area contributed by atoms with Crippen molar-refractivity contribution >= 4 is 28.8 Å². The third kappa shape index (κ3) is 4.68. The fourth-order valence-corrected chi connectivity index (χ4v) is 4.88. The number of nitrogens with zero attached hydrogens (tertiary/aromatic N) is 8. The topological polar surface area (TPSA) is 107 Å². The maximum atomic E-state index is 13.9. The van der Waals surface area contributed by atoms with Crippen LogP contribution in [0.4, 0.5) is 24.7 Å². The number of carbonyl (C=O) groups is 1. The van der Waals surface area contributed by atoms with E-state index in [1.807, 2.05) is 42.2 Å². The first-order chi connectivity index (χ1) is 19.2. The van der Waals surface area contributed by atoms with Gasteiger partial charge in [0.2, 0.25) is 0 Å². The molecule has 5 heterocycles. The number of aryl methyl sites for hydroxylation is 1. The Morgan fingerprint density at radius 3 is 2.70 bits per heavy atom. The van der Waals surface area contributed by atoms with Crippen molar-refractivity contribution in [2.24, 2.45) is 0 Å². The molecule has 1 aliphatic heterocycles. The molecule has 10 nitrogen and oxygen atoms in total. The number of fused-ring (bicyclic) bond motifs is 2. The van der Waals surface area contributed by atoms with Crippen LogP contribution < -0.4 is 5.32 Å². The van der Waals surface area contributed by atoms with Gasteiger partial charge < -0.3 is 15.0 Å². The number of imidazole rings is 1. The predicted octanol–water partition coefficient (Wildman–Crippen LogP) is 4.20. The zero-order valence-electron chi connectivity index (χ0n) is 21.6. The van der Waals surface area contributed by atoms with E-state index in [0.717, 1.165) is 16.9 Å². The lowest BCUT2D eigenvalue weighted by Crippen LogP contribution is -2.28. The summed E-state index contributed by atoms with van der Waals surface area (Å²) in [5, 5.41) is 15.4. The molecule has 13 heteroatoms. The summed E-state index contributed by atoms with van der Waals surface area (Å²) in [6, 6.07) is 12.7. The Hall–Kier alpha value is -4.65. The number of hydrogen-bond acceptors (Lipinski definition) is 8. The molecule has 5 aromatic rings. The molecule has 204 valence electrons. The molecule has 1 aromatic carbocycles. The summed E-state index contributed by atoms with van der Waals surface area (Å²) in [5.41, 5.74) is 3.12.